The highest BCUT2D eigenvalue weighted by Crippen LogP contribution is 2.09. The summed E-state index contributed by atoms with van der Waals surface area (Å²) in [6.45, 7) is 2.84. The number of nitrogens with one attached hydrogen (secondary N) is 2. The standard InChI is InChI=1S/C20H19N3O5/c1-12-7-9-14(10-8-12)21-18(25)13(2)28-17(24)11-23-20(27)16-6-4-3-5-15(16)19(26)22-23/h3-10,13H,11H2,1-2H3,(H,21,25)(H,22,26)/t13-/m0/s1. The summed E-state index contributed by atoms with van der Waals surface area (Å²) >= 11 is 0. The number of H-pyrrole nitrogens is 1. The van der Waals surface area contributed by atoms with E-state index in [9.17, 15) is 19.2 Å². The van der Waals surface area contributed by atoms with E-state index in [0.717, 1.165) is 10.2 Å². The quantitative estimate of drug-likeness (QED) is 0.652. The van der Waals surface area contributed by atoms with Crippen LogP contribution in [0.4, 0.5) is 5.69 Å². The maximum atomic E-state index is 12.4. The Hall–Kier alpha value is -3.68. The van der Waals surface area contributed by atoms with E-state index in [-0.39, 0.29) is 10.8 Å². The molecule has 0 saturated carbocycles. The Labute approximate surface area is 159 Å². The Bertz CT molecular complexity index is 1140. The second kappa shape index (κ2) is 7.91. The number of aromatic nitrogens is 2. The van der Waals surface area contributed by atoms with Crippen LogP contribution in [0.25, 0.3) is 10.8 Å². The number of benzene rings is 2. The van der Waals surface area contributed by atoms with E-state index in [1.165, 1.54) is 19.1 Å². The number of nitrogens with zero attached hydrogens (tertiary/aromatic N) is 1. The maximum Gasteiger partial charge on any atom is 0.328 e. The van der Waals surface area contributed by atoms with Gasteiger partial charge in [0, 0.05) is 5.69 Å². The van der Waals surface area contributed by atoms with Crippen LogP contribution < -0.4 is 16.4 Å². The fourth-order valence-electron chi connectivity index (χ4n) is 2.66. The van der Waals surface area contributed by atoms with Gasteiger partial charge in [-0.2, -0.15) is 0 Å². The number of aromatic amines is 1. The third-order valence-corrected chi connectivity index (χ3v) is 4.17. The molecule has 2 aromatic carbocycles. The molecule has 1 atom stereocenters. The minimum Gasteiger partial charge on any atom is -0.451 e. The van der Waals surface area contributed by atoms with E-state index in [2.05, 4.69) is 10.4 Å². The lowest BCUT2D eigenvalue weighted by Gasteiger charge is -2.14. The molecule has 2 N–H and O–H groups in total. The molecule has 144 valence electrons. The number of carbonyl (C=O) groups is 2. The fourth-order valence-corrected chi connectivity index (χ4v) is 2.66. The van der Waals surface area contributed by atoms with E-state index < -0.39 is 35.6 Å². The highest BCUT2D eigenvalue weighted by Gasteiger charge is 2.19. The summed E-state index contributed by atoms with van der Waals surface area (Å²) < 4.78 is 5.96. The van der Waals surface area contributed by atoms with Crippen LogP contribution in [0.5, 0.6) is 0 Å². The van der Waals surface area contributed by atoms with Crippen LogP contribution in [0, 0.1) is 6.92 Å². The number of amides is 1. The van der Waals surface area contributed by atoms with Crippen LogP contribution >= 0.6 is 0 Å². The van der Waals surface area contributed by atoms with Crippen molar-refractivity contribution in [1.29, 1.82) is 0 Å². The van der Waals surface area contributed by atoms with Crippen molar-refractivity contribution in [2.75, 3.05) is 5.32 Å². The van der Waals surface area contributed by atoms with Gasteiger partial charge >= 0.3 is 5.97 Å². The van der Waals surface area contributed by atoms with Crippen LogP contribution in [-0.2, 0) is 20.9 Å². The number of carbonyl (C=O) groups excluding carboxylic acids is 2. The number of anilines is 1. The van der Waals surface area contributed by atoms with Gasteiger partial charge in [0.15, 0.2) is 6.10 Å². The molecular formula is C20H19N3O5. The summed E-state index contributed by atoms with van der Waals surface area (Å²) in [5, 5.41) is 5.42. The summed E-state index contributed by atoms with van der Waals surface area (Å²) in [7, 11) is 0. The molecule has 3 aromatic rings. The first kappa shape index (κ1) is 19.1. The SMILES string of the molecule is Cc1ccc(NC(=O)[C@H](C)OC(=O)Cn2[nH]c(=O)c3ccccc3c2=O)cc1. The van der Waals surface area contributed by atoms with E-state index in [4.69, 9.17) is 4.74 Å². The molecule has 0 aliphatic carbocycles. The molecule has 28 heavy (non-hydrogen) atoms. The molecular weight excluding hydrogens is 362 g/mol. The average molecular weight is 381 g/mol. The Balaban J connectivity index is 1.68. The van der Waals surface area contributed by atoms with Crippen LogP contribution in [0.1, 0.15) is 12.5 Å². The van der Waals surface area contributed by atoms with Gasteiger partial charge in [-0.3, -0.25) is 24.3 Å². The zero-order chi connectivity index (χ0) is 20.3. The van der Waals surface area contributed by atoms with Gasteiger partial charge in [0.05, 0.1) is 10.8 Å². The predicted molar refractivity (Wildman–Crippen MR) is 104 cm³/mol. The first-order chi connectivity index (χ1) is 13.3. The van der Waals surface area contributed by atoms with Gasteiger partial charge in [0.25, 0.3) is 17.0 Å². The molecule has 0 spiro atoms. The largest absolute Gasteiger partial charge is 0.451 e. The molecule has 0 fully saturated rings. The lowest BCUT2D eigenvalue weighted by atomic mass is 10.2. The van der Waals surface area contributed by atoms with Crippen molar-refractivity contribution < 1.29 is 14.3 Å². The molecule has 1 aromatic heterocycles. The van der Waals surface area contributed by atoms with Crippen LogP contribution in [-0.4, -0.2) is 27.8 Å². The average Bonchev–Trinajstić information content (AvgIpc) is 2.67. The second-order valence-corrected chi connectivity index (χ2v) is 6.37. The molecule has 0 unspecified atom stereocenters. The van der Waals surface area contributed by atoms with Gasteiger partial charge in [-0.05, 0) is 38.1 Å². The normalized spacial score (nSPS) is 11.8. The summed E-state index contributed by atoms with van der Waals surface area (Å²) in [5.74, 6) is -1.32. The Morgan fingerprint density at radius 3 is 2.39 bits per heavy atom. The second-order valence-electron chi connectivity index (χ2n) is 6.37. The van der Waals surface area contributed by atoms with Gasteiger partial charge < -0.3 is 10.1 Å². The van der Waals surface area contributed by atoms with E-state index in [0.29, 0.717) is 5.69 Å². The first-order valence-electron chi connectivity index (χ1n) is 8.64. The zero-order valence-electron chi connectivity index (χ0n) is 15.4. The molecule has 1 amide bonds. The topological polar surface area (TPSA) is 110 Å². The number of hydrogen-bond donors (Lipinski definition) is 2. The lowest BCUT2D eigenvalue weighted by Crippen LogP contribution is -2.35. The van der Waals surface area contributed by atoms with E-state index >= 15 is 0 Å². The minimum absolute atomic E-state index is 0.198. The van der Waals surface area contributed by atoms with Crippen molar-refractivity contribution in [2.24, 2.45) is 0 Å². The van der Waals surface area contributed by atoms with Crippen LogP contribution in [0.3, 0.4) is 0 Å². The molecule has 0 aliphatic rings. The highest BCUT2D eigenvalue weighted by atomic mass is 16.5. The molecule has 0 aliphatic heterocycles. The number of aryl methyl sites for hydroxylation is 1. The summed E-state index contributed by atoms with van der Waals surface area (Å²) in [4.78, 5) is 48.8. The Morgan fingerprint density at radius 1 is 1.07 bits per heavy atom. The molecule has 3 rings (SSSR count). The van der Waals surface area contributed by atoms with Gasteiger partial charge in [-0.15, -0.1) is 0 Å². The van der Waals surface area contributed by atoms with Gasteiger partial charge in [0.2, 0.25) is 0 Å². The van der Waals surface area contributed by atoms with E-state index in [1.807, 2.05) is 19.1 Å². The van der Waals surface area contributed by atoms with E-state index in [1.54, 1.807) is 24.3 Å². The molecule has 0 radical (unpaired) electrons. The van der Waals surface area contributed by atoms with Crippen molar-refractivity contribution in [3.63, 3.8) is 0 Å². The number of ether oxygens (including phenoxy) is 1. The molecule has 0 bridgehead atoms. The first-order valence-corrected chi connectivity index (χ1v) is 8.64. The van der Waals surface area contributed by atoms with Crippen LogP contribution in [0.2, 0.25) is 0 Å². The molecule has 8 nitrogen and oxygen atoms in total. The van der Waals surface area contributed by atoms with Crippen LogP contribution in [0.15, 0.2) is 58.1 Å². The summed E-state index contributed by atoms with van der Waals surface area (Å²) in [6, 6.07) is 13.5. The number of hydrogen-bond acceptors (Lipinski definition) is 5. The monoisotopic (exact) mass is 381 g/mol. The third kappa shape index (κ3) is 4.17. The van der Waals surface area contributed by atoms with Crippen molar-refractivity contribution in [3.05, 3.63) is 74.8 Å². The predicted octanol–water partition coefficient (Wildman–Crippen LogP) is 1.57. The number of rotatable bonds is 5. The third-order valence-electron chi connectivity index (χ3n) is 4.17. The minimum atomic E-state index is -1.07. The Kier molecular flexibility index (Phi) is 5.39. The maximum absolute atomic E-state index is 12.4. The zero-order valence-corrected chi connectivity index (χ0v) is 15.4. The van der Waals surface area contributed by atoms with Gasteiger partial charge in [-0.25, -0.2) is 4.68 Å². The number of fused-ring (bicyclic) bond motifs is 1. The van der Waals surface area contributed by atoms with Crippen molar-refractivity contribution >= 4 is 28.3 Å². The smallest absolute Gasteiger partial charge is 0.328 e. The van der Waals surface area contributed by atoms with Crippen molar-refractivity contribution in [2.45, 2.75) is 26.5 Å². The summed E-state index contributed by atoms with van der Waals surface area (Å²) in [6.07, 6.45) is -1.07. The summed E-state index contributed by atoms with van der Waals surface area (Å²) in [5.41, 5.74) is 0.609. The molecule has 1 heterocycles. The van der Waals surface area contributed by atoms with Gasteiger partial charge in [-0.1, -0.05) is 29.8 Å². The number of esters is 1. The van der Waals surface area contributed by atoms with Crippen molar-refractivity contribution in [3.8, 4) is 0 Å². The fraction of sp³-hybridized carbons (Fsp3) is 0.200. The lowest BCUT2D eigenvalue weighted by molar-refractivity contribution is -0.154. The Morgan fingerprint density at radius 2 is 1.71 bits per heavy atom. The van der Waals surface area contributed by atoms with Crippen molar-refractivity contribution in [1.82, 2.24) is 9.78 Å². The molecule has 8 heteroatoms. The molecule has 0 saturated heterocycles. The van der Waals surface area contributed by atoms with Gasteiger partial charge in [0.1, 0.15) is 6.54 Å². The highest BCUT2D eigenvalue weighted by molar-refractivity contribution is 5.95.